The van der Waals surface area contributed by atoms with E-state index in [2.05, 4.69) is 15.6 Å². The van der Waals surface area contributed by atoms with Crippen molar-refractivity contribution >= 4 is 21.8 Å². The van der Waals surface area contributed by atoms with Gasteiger partial charge in [-0.3, -0.25) is 14.6 Å². The van der Waals surface area contributed by atoms with Gasteiger partial charge in [0.2, 0.25) is 10.0 Å². The summed E-state index contributed by atoms with van der Waals surface area (Å²) in [6.07, 6.45) is 0.705. The molecular formula is C19H22N4O5S. The van der Waals surface area contributed by atoms with E-state index in [-0.39, 0.29) is 31.1 Å². The second-order valence-electron chi connectivity index (χ2n) is 6.47. The summed E-state index contributed by atoms with van der Waals surface area (Å²) in [6.45, 7) is 2.22. The van der Waals surface area contributed by atoms with Crippen molar-refractivity contribution in [3.8, 4) is 0 Å². The van der Waals surface area contributed by atoms with Gasteiger partial charge in [0, 0.05) is 12.7 Å². The fourth-order valence-electron chi connectivity index (χ4n) is 2.80. The number of aryl methyl sites for hydroxylation is 1. The fraction of sp³-hybridized carbons (Fsp3) is 0.316. The van der Waals surface area contributed by atoms with Crippen LogP contribution in [0.3, 0.4) is 0 Å². The van der Waals surface area contributed by atoms with Crippen molar-refractivity contribution in [1.82, 2.24) is 19.9 Å². The van der Waals surface area contributed by atoms with Gasteiger partial charge in [0.25, 0.3) is 0 Å². The van der Waals surface area contributed by atoms with Crippen LogP contribution in [0.4, 0.5) is 0 Å². The van der Waals surface area contributed by atoms with Crippen molar-refractivity contribution in [2.24, 2.45) is 0 Å². The molecule has 0 radical (unpaired) electrons. The Balaban J connectivity index is 1.55. The van der Waals surface area contributed by atoms with Crippen molar-refractivity contribution in [1.29, 1.82) is 0 Å². The lowest BCUT2D eigenvalue weighted by molar-refractivity contribution is -0.139. The van der Waals surface area contributed by atoms with Crippen molar-refractivity contribution in [3.05, 3.63) is 59.9 Å². The van der Waals surface area contributed by atoms with Crippen LogP contribution in [-0.4, -0.2) is 55.4 Å². The Morgan fingerprint density at radius 2 is 1.86 bits per heavy atom. The smallest absolute Gasteiger partial charge is 0.309 e. The highest BCUT2D eigenvalue weighted by Gasteiger charge is 2.36. The predicted octanol–water partition coefficient (Wildman–Crippen LogP) is 0.170. The molecule has 1 aliphatic rings. The SMILES string of the molecule is Cc1ccc(S(=O)(=O)N2CCO[C@@H]2CNC(=O)C(=O)NCc2ccccn2)cc1. The zero-order chi connectivity index (χ0) is 20.9. The van der Waals surface area contributed by atoms with Crippen LogP contribution in [0.1, 0.15) is 11.3 Å². The average Bonchev–Trinajstić information content (AvgIpc) is 3.21. The molecule has 3 rings (SSSR count). The van der Waals surface area contributed by atoms with Crippen LogP contribution in [0.15, 0.2) is 53.6 Å². The van der Waals surface area contributed by atoms with E-state index in [1.54, 1.807) is 36.5 Å². The molecule has 0 aliphatic carbocycles. The van der Waals surface area contributed by atoms with E-state index in [1.165, 1.54) is 16.4 Å². The molecular weight excluding hydrogens is 396 g/mol. The van der Waals surface area contributed by atoms with Gasteiger partial charge in [-0.2, -0.15) is 4.31 Å². The third-order valence-corrected chi connectivity index (χ3v) is 6.27. The number of nitrogens with one attached hydrogen (secondary N) is 2. The Labute approximate surface area is 169 Å². The fourth-order valence-corrected chi connectivity index (χ4v) is 4.31. The summed E-state index contributed by atoms with van der Waals surface area (Å²) in [4.78, 5) is 28.1. The van der Waals surface area contributed by atoms with Gasteiger partial charge in [0.15, 0.2) is 0 Å². The van der Waals surface area contributed by atoms with Gasteiger partial charge in [0.1, 0.15) is 6.23 Å². The normalized spacial score (nSPS) is 17.1. The summed E-state index contributed by atoms with van der Waals surface area (Å²) in [5.74, 6) is -1.70. The lowest BCUT2D eigenvalue weighted by atomic mass is 10.2. The molecule has 1 aliphatic heterocycles. The molecule has 10 heteroatoms. The second kappa shape index (κ2) is 9.12. The first kappa shape index (κ1) is 20.9. The summed E-state index contributed by atoms with van der Waals surface area (Å²) in [6, 6.07) is 11.7. The molecule has 0 saturated carbocycles. The molecule has 9 nitrogen and oxygen atoms in total. The summed E-state index contributed by atoms with van der Waals surface area (Å²) in [7, 11) is -3.77. The summed E-state index contributed by atoms with van der Waals surface area (Å²) < 4.78 is 32.3. The number of pyridine rings is 1. The monoisotopic (exact) mass is 418 g/mol. The van der Waals surface area contributed by atoms with Crippen molar-refractivity contribution < 1.29 is 22.7 Å². The number of hydrogen-bond acceptors (Lipinski definition) is 6. The molecule has 2 aromatic rings. The highest BCUT2D eigenvalue weighted by Crippen LogP contribution is 2.22. The summed E-state index contributed by atoms with van der Waals surface area (Å²) >= 11 is 0. The zero-order valence-corrected chi connectivity index (χ0v) is 16.7. The summed E-state index contributed by atoms with van der Waals surface area (Å²) in [5.41, 5.74) is 1.56. The topological polar surface area (TPSA) is 118 Å². The quantitative estimate of drug-likeness (QED) is 0.646. The van der Waals surface area contributed by atoms with Gasteiger partial charge in [0.05, 0.1) is 30.3 Å². The minimum absolute atomic E-state index is 0.112. The summed E-state index contributed by atoms with van der Waals surface area (Å²) in [5, 5.41) is 4.88. The Morgan fingerprint density at radius 1 is 1.14 bits per heavy atom. The molecule has 1 fully saturated rings. The number of benzene rings is 1. The van der Waals surface area contributed by atoms with E-state index < -0.39 is 28.1 Å². The van der Waals surface area contributed by atoms with Gasteiger partial charge in [-0.1, -0.05) is 23.8 Å². The molecule has 1 aromatic heterocycles. The molecule has 29 heavy (non-hydrogen) atoms. The number of ether oxygens (including phenoxy) is 1. The molecule has 2 amide bonds. The Morgan fingerprint density at radius 3 is 2.55 bits per heavy atom. The molecule has 0 spiro atoms. The molecule has 0 unspecified atom stereocenters. The Hall–Kier alpha value is -2.82. The van der Waals surface area contributed by atoms with Crippen LogP contribution in [0, 0.1) is 6.92 Å². The van der Waals surface area contributed by atoms with E-state index in [1.807, 2.05) is 6.92 Å². The third-order valence-electron chi connectivity index (χ3n) is 4.37. The van der Waals surface area contributed by atoms with E-state index in [4.69, 9.17) is 4.74 Å². The number of carbonyl (C=O) groups excluding carboxylic acids is 2. The first-order valence-corrected chi connectivity index (χ1v) is 10.5. The molecule has 1 saturated heterocycles. The molecule has 2 N–H and O–H groups in total. The van der Waals surface area contributed by atoms with Crippen LogP contribution in [-0.2, 0) is 30.9 Å². The van der Waals surface area contributed by atoms with E-state index >= 15 is 0 Å². The average molecular weight is 418 g/mol. The number of rotatable bonds is 6. The van der Waals surface area contributed by atoms with Gasteiger partial charge in [-0.05, 0) is 31.2 Å². The number of aromatic nitrogens is 1. The lowest BCUT2D eigenvalue weighted by Gasteiger charge is -2.22. The largest absolute Gasteiger partial charge is 0.359 e. The molecule has 1 aromatic carbocycles. The molecule has 154 valence electrons. The maximum Gasteiger partial charge on any atom is 0.309 e. The molecule has 0 bridgehead atoms. The highest BCUT2D eigenvalue weighted by atomic mass is 32.2. The van der Waals surface area contributed by atoms with Crippen LogP contribution >= 0.6 is 0 Å². The maximum absolute atomic E-state index is 12.8. The number of carbonyl (C=O) groups is 2. The minimum Gasteiger partial charge on any atom is -0.359 e. The maximum atomic E-state index is 12.8. The van der Waals surface area contributed by atoms with Gasteiger partial charge in [-0.15, -0.1) is 0 Å². The Bertz CT molecular complexity index is 964. The van der Waals surface area contributed by atoms with Crippen molar-refractivity contribution in [2.75, 3.05) is 19.7 Å². The van der Waals surface area contributed by atoms with Crippen molar-refractivity contribution in [2.45, 2.75) is 24.6 Å². The van der Waals surface area contributed by atoms with Crippen molar-refractivity contribution in [3.63, 3.8) is 0 Å². The number of hydrogen-bond donors (Lipinski definition) is 2. The van der Waals surface area contributed by atoms with E-state index in [0.29, 0.717) is 5.69 Å². The number of amides is 2. The van der Waals surface area contributed by atoms with Gasteiger partial charge < -0.3 is 15.4 Å². The van der Waals surface area contributed by atoms with Crippen LogP contribution in [0.2, 0.25) is 0 Å². The predicted molar refractivity (Wildman–Crippen MR) is 104 cm³/mol. The highest BCUT2D eigenvalue weighted by molar-refractivity contribution is 7.89. The first-order valence-electron chi connectivity index (χ1n) is 9.04. The van der Waals surface area contributed by atoms with Crippen LogP contribution in [0.5, 0.6) is 0 Å². The van der Waals surface area contributed by atoms with Crippen LogP contribution in [0.25, 0.3) is 0 Å². The third kappa shape index (κ3) is 5.17. The van der Waals surface area contributed by atoms with Crippen LogP contribution < -0.4 is 10.6 Å². The number of sulfonamides is 1. The zero-order valence-electron chi connectivity index (χ0n) is 15.9. The lowest BCUT2D eigenvalue weighted by Crippen LogP contribution is -2.47. The van der Waals surface area contributed by atoms with Gasteiger partial charge >= 0.3 is 11.8 Å². The van der Waals surface area contributed by atoms with E-state index in [9.17, 15) is 18.0 Å². The second-order valence-corrected chi connectivity index (χ2v) is 8.36. The molecule has 2 heterocycles. The molecule has 1 atom stereocenters. The van der Waals surface area contributed by atoms with Gasteiger partial charge in [-0.25, -0.2) is 8.42 Å². The van der Waals surface area contributed by atoms with E-state index in [0.717, 1.165) is 5.56 Å². The number of nitrogens with zero attached hydrogens (tertiary/aromatic N) is 2. The minimum atomic E-state index is -3.77. The first-order chi connectivity index (χ1) is 13.9. The Kier molecular flexibility index (Phi) is 6.57. The standard InChI is InChI=1S/C19H22N4O5S/c1-14-5-7-16(8-6-14)29(26,27)23-10-11-28-17(23)13-22-19(25)18(24)21-12-15-4-2-3-9-20-15/h2-9,17H,10-13H2,1H3,(H,21,24)(H,22,25)/t17-/m1/s1.